The molecule has 0 saturated heterocycles. The average molecular weight is 403 g/mol. The van der Waals surface area contributed by atoms with Crippen molar-refractivity contribution < 1.29 is 14.5 Å². The molecule has 30 heavy (non-hydrogen) atoms. The number of hydrogen-bond donors (Lipinski definition) is 2. The van der Waals surface area contributed by atoms with Crippen LogP contribution in [0.2, 0.25) is 0 Å². The molecule has 0 saturated carbocycles. The lowest BCUT2D eigenvalue weighted by Crippen LogP contribution is -2.39. The molecule has 0 fully saturated rings. The van der Waals surface area contributed by atoms with Crippen LogP contribution < -0.4 is 15.6 Å². The standard InChI is InChI=1S/C23H21N3O4/c1-2-20(19-14-12-18(13-15-19)17-8-4-3-5-9-17)24-25-23(27)16-30-22-11-7-6-10-21(22)26(28)29/h2-15,24H,16H2,1H3,(H,25,27). The van der Waals surface area contributed by atoms with Crippen molar-refractivity contribution in [1.82, 2.24) is 10.9 Å². The molecule has 0 bridgehead atoms. The third-order valence-corrected chi connectivity index (χ3v) is 4.35. The van der Waals surface area contributed by atoms with Gasteiger partial charge in [0.15, 0.2) is 12.4 Å². The highest BCUT2D eigenvalue weighted by Crippen LogP contribution is 2.25. The molecule has 0 aliphatic heterocycles. The first kappa shape index (κ1) is 20.6. The SMILES string of the molecule is CC=C(NNC(=O)COc1ccccc1[N+](=O)[O-])c1ccc(-c2ccccc2)cc1. The molecule has 0 aliphatic rings. The molecule has 0 heterocycles. The second-order valence-corrected chi connectivity index (χ2v) is 6.33. The van der Waals surface area contributed by atoms with Crippen LogP contribution in [0.1, 0.15) is 12.5 Å². The summed E-state index contributed by atoms with van der Waals surface area (Å²) < 4.78 is 5.28. The van der Waals surface area contributed by atoms with Crippen LogP contribution >= 0.6 is 0 Å². The summed E-state index contributed by atoms with van der Waals surface area (Å²) in [6, 6.07) is 23.9. The van der Waals surface area contributed by atoms with Crippen LogP contribution in [-0.4, -0.2) is 17.4 Å². The minimum Gasteiger partial charge on any atom is -0.477 e. The van der Waals surface area contributed by atoms with Crippen LogP contribution in [0.5, 0.6) is 5.75 Å². The summed E-state index contributed by atoms with van der Waals surface area (Å²) in [7, 11) is 0. The van der Waals surface area contributed by atoms with Gasteiger partial charge in [-0.05, 0) is 29.7 Å². The van der Waals surface area contributed by atoms with E-state index in [-0.39, 0.29) is 18.0 Å². The van der Waals surface area contributed by atoms with Crippen LogP contribution in [0.15, 0.2) is 84.9 Å². The maximum atomic E-state index is 12.1. The first-order chi connectivity index (χ1) is 14.6. The lowest BCUT2D eigenvalue weighted by atomic mass is 10.0. The van der Waals surface area contributed by atoms with Gasteiger partial charge in [0.05, 0.1) is 10.6 Å². The Labute approximate surface area is 174 Å². The number of nitro benzene ring substituents is 1. The number of ether oxygens (including phenoxy) is 1. The van der Waals surface area contributed by atoms with Gasteiger partial charge < -0.3 is 4.74 Å². The number of hydrazine groups is 1. The summed E-state index contributed by atoms with van der Waals surface area (Å²) >= 11 is 0. The first-order valence-corrected chi connectivity index (χ1v) is 9.31. The Morgan fingerprint density at radius 3 is 2.23 bits per heavy atom. The normalized spacial score (nSPS) is 10.9. The van der Waals surface area contributed by atoms with Gasteiger partial charge in [-0.25, -0.2) is 0 Å². The van der Waals surface area contributed by atoms with E-state index in [9.17, 15) is 14.9 Å². The maximum absolute atomic E-state index is 12.1. The number of amides is 1. The minimum absolute atomic E-state index is 0.0420. The van der Waals surface area contributed by atoms with E-state index in [1.54, 1.807) is 6.07 Å². The fourth-order valence-corrected chi connectivity index (χ4v) is 2.83. The van der Waals surface area contributed by atoms with E-state index in [0.717, 1.165) is 16.7 Å². The van der Waals surface area contributed by atoms with Gasteiger partial charge in [0.1, 0.15) is 0 Å². The first-order valence-electron chi connectivity index (χ1n) is 9.31. The third-order valence-electron chi connectivity index (χ3n) is 4.35. The van der Waals surface area contributed by atoms with Crippen molar-refractivity contribution in [3.05, 3.63) is 101 Å². The second-order valence-electron chi connectivity index (χ2n) is 6.33. The van der Waals surface area contributed by atoms with Gasteiger partial charge in [0.2, 0.25) is 0 Å². The van der Waals surface area contributed by atoms with E-state index in [2.05, 4.69) is 10.9 Å². The fourth-order valence-electron chi connectivity index (χ4n) is 2.83. The molecule has 0 aromatic heterocycles. The summed E-state index contributed by atoms with van der Waals surface area (Å²) in [5.74, 6) is -0.422. The Morgan fingerprint density at radius 1 is 0.933 bits per heavy atom. The molecule has 0 spiro atoms. The molecule has 7 nitrogen and oxygen atoms in total. The molecule has 152 valence electrons. The topological polar surface area (TPSA) is 93.5 Å². The van der Waals surface area contributed by atoms with Crippen molar-refractivity contribution in [3.8, 4) is 16.9 Å². The van der Waals surface area contributed by atoms with Crippen LogP contribution in [0.3, 0.4) is 0 Å². The minimum atomic E-state index is -0.553. The number of allylic oxidation sites excluding steroid dienone is 1. The molecule has 3 rings (SSSR count). The molecule has 1 amide bonds. The number of nitrogens with one attached hydrogen (secondary N) is 2. The second kappa shape index (κ2) is 9.88. The molecular weight excluding hydrogens is 382 g/mol. The molecule has 0 radical (unpaired) electrons. The Hall–Kier alpha value is -4.13. The molecule has 0 unspecified atom stereocenters. The average Bonchev–Trinajstić information content (AvgIpc) is 2.79. The largest absolute Gasteiger partial charge is 0.477 e. The van der Waals surface area contributed by atoms with Crippen LogP contribution in [0.4, 0.5) is 5.69 Å². The van der Waals surface area contributed by atoms with Crippen molar-refractivity contribution in [2.24, 2.45) is 0 Å². The number of nitro groups is 1. The predicted molar refractivity (Wildman–Crippen MR) is 115 cm³/mol. The number of rotatable bonds is 8. The highest BCUT2D eigenvalue weighted by Gasteiger charge is 2.15. The van der Waals surface area contributed by atoms with Crippen molar-refractivity contribution in [2.75, 3.05) is 6.61 Å². The summed E-state index contributed by atoms with van der Waals surface area (Å²) in [5, 5.41) is 11.0. The molecular formula is C23H21N3O4. The monoisotopic (exact) mass is 403 g/mol. The third kappa shape index (κ3) is 5.23. The zero-order valence-electron chi connectivity index (χ0n) is 16.4. The molecule has 2 N–H and O–H groups in total. The van der Waals surface area contributed by atoms with Crippen molar-refractivity contribution in [3.63, 3.8) is 0 Å². The van der Waals surface area contributed by atoms with Gasteiger partial charge >= 0.3 is 5.69 Å². The van der Waals surface area contributed by atoms with E-state index in [0.29, 0.717) is 5.70 Å². The van der Waals surface area contributed by atoms with Crippen molar-refractivity contribution >= 4 is 17.3 Å². The van der Waals surface area contributed by atoms with Gasteiger partial charge in [-0.3, -0.25) is 25.8 Å². The maximum Gasteiger partial charge on any atom is 0.310 e. The highest BCUT2D eigenvalue weighted by molar-refractivity contribution is 5.79. The number of carbonyl (C=O) groups excluding carboxylic acids is 1. The number of hydrogen-bond acceptors (Lipinski definition) is 5. The highest BCUT2D eigenvalue weighted by atomic mass is 16.6. The summed E-state index contributed by atoms with van der Waals surface area (Å²) in [5.41, 5.74) is 9.06. The number of para-hydroxylation sites is 2. The van der Waals surface area contributed by atoms with Crippen LogP contribution in [-0.2, 0) is 4.79 Å². The van der Waals surface area contributed by atoms with E-state index in [1.807, 2.05) is 67.6 Å². The number of carbonyl (C=O) groups is 1. The van der Waals surface area contributed by atoms with Gasteiger partial charge in [-0.2, -0.15) is 0 Å². The van der Waals surface area contributed by atoms with Gasteiger partial charge in [-0.1, -0.05) is 72.8 Å². The predicted octanol–water partition coefficient (Wildman–Crippen LogP) is 4.32. The summed E-state index contributed by atoms with van der Waals surface area (Å²) in [6.07, 6.45) is 1.83. The smallest absolute Gasteiger partial charge is 0.310 e. The molecule has 3 aromatic carbocycles. The van der Waals surface area contributed by atoms with E-state index >= 15 is 0 Å². The molecule has 3 aromatic rings. The van der Waals surface area contributed by atoms with E-state index < -0.39 is 10.8 Å². The van der Waals surface area contributed by atoms with Crippen molar-refractivity contribution in [2.45, 2.75) is 6.92 Å². The number of benzene rings is 3. The molecule has 7 heteroatoms. The van der Waals surface area contributed by atoms with E-state index in [1.165, 1.54) is 18.2 Å². The fraction of sp³-hybridized carbons (Fsp3) is 0.0870. The number of nitrogens with zero attached hydrogens (tertiary/aromatic N) is 1. The lowest BCUT2D eigenvalue weighted by molar-refractivity contribution is -0.385. The Bertz CT molecular complexity index is 1050. The zero-order chi connectivity index (χ0) is 21.3. The van der Waals surface area contributed by atoms with E-state index in [4.69, 9.17) is 4.74 Å². The Kier molecular flexibility index (Phi) is 6.78. The summed E-state index contributed by atoms with van der Waals surface area (Å²) in [4.78, 5) is 22.5. The summed E-state index contributed by atoms with van der Waals surface area (Å²) in [6.45, 7) is 1.49. The zero-order valence-corrected chi connectivity index (χ0v) is 16.4. The van der Waals surface area contributed by atoms with Crippen LogP contribution in [0.25, 0.3) is 16.8 Å². The molecule has 0 atom stereocenters. The Morgan fingerprint density at radius 2 is 1.57 bits per heavy atom. The van der Waals surface area contributed by atoms with Gasteiger partial charge in [0, 0.05) is 6.07 Å². The lowest BCUT2D eigenvalue weighted by Gasteiger charge is -2.13. The quantitative estimate of drug-likeness (QED) is 0.431. The Balaban J connectivity index is 1.56. The molecule has 0 aliphatic carbocycles. The van der Waals surface area contributed by atoms with Gasteiger partial charge in [0.25, 0.3) is 5.91 Å². The van der Waals surface area contributed by atoms with Gasteiger partial charge in [-0.15, -0.1) is 0 Å². The van der Waals surface area contributed by atoms with Crippen molar-refractivity contribution in [1.29, 1.82) is 0 Å². The van der Waals surface area contributed by atoms with Crippen LogP contribution in [0, 0.1) is 10.1 Å².